The van der Waals surface area contributed by atoms with Gasteiger partial charge in [0.1, 0.15) is 18.0 Å². The van der Waals surface area contributed by atoms with Gasteiger partial charge in [0.2, 0.25) is 0 Å². The molecule has 0 bridgehead atoms. The largest absolute Gasteiger partial charge is 0.492 e. The van der Waals surface area contributed by atoms with Crippen LogP contribution in [0.25, 0.3) is 11.1 Å². The molecule has 0 aliphatic carbocycles. The molecule has 6 nitrogen and oxygen atoms in total. The molecule has 28 heavy (non-hydrogen) atoms. The van der Waals surface area contributed by atoms with Gasteiger partial charge in [0.05, 0.1) is 12.1 Å². The molecular formula is C20H21Cl2NO5. The maximum atomic E-state index is 11.6. The number of benzene rings is 2. The summed E-state index contributed by atoms with van der Waals surface area (Å²) in [5, 5.41) is 12.8. The molecule has 2 aromatic rings. The lowest BCUT2D eigenvalue weighted by molar-refractivity contribution is 0.0520. The molecule has 0 heterocycles. The monoisotopic (exact) mass is 425 g/mol. The number of aromatic carboxylic acids is 1. The Balaban J connectivity index is 2.12. The number of nitrogens with one attached hydrogen (secondary N) is 1. The number of carbonyl (C=O) groups excluding carboxylic acids is 1. The van der Waals surface area contributed by atoms with Crippen LogP contribution in [0, 0.1) is 0 Å². The summed E-state index contributed by atoms with van der Waals surface area (Å²) < 4.78 is 10.7. The topological polar surface area (TPSA) is 84.9 Å². The van der Waals surface area contributed by atoms with Crippen molar-refractivity contribution in [3.63, 3.8) is 0 Å². The predicted molar refractivity (Wildman–Crippen MR) is 109 cm³/mol. The van der Waals surface area contributed by atoms with Gasteiger partial charge in [-0.05, 0) is 62.7 Å². The summed E-state index contributed by atoms with van der Waals surface area (Å²) in [5.74, 6) is -0.770. The lowest BCUT2D eigenvalue weighted by atomic mass is 10.0. The molecular weight excluding hydrogens is 405 g/mol. The zero-order valence-electron chi connectivity index (χ0n) is 15.7. The summed E-state index contributed by atoms with van der Waals surface area (Å²) in [6.07, 6.45) is -0.554. The molecule has 0 saturated carbocycles. The molecule has 0 saturated heterocycles. The van der Waals surface area contributed by atoms with E-state index >= 15 is 0 Å². The van der Waals surface area contributed by atoms with Gasteiger partial charge in [0.15, 0.2) is 0 Å². The van der Waals surface area contributed by atoms with Crippen LogP contribution >= 0.6 is 23.2 Å². The summed E-state index contributed by atoms with van der Waals surface area (Å²) in [6, 6.07) is 9.49. The maximum Gasteiger partial charge on any atom is 0.407 e. The van der Waals surface area contributed by atoms with Gasteiger partial charge in [-0.1, -0.05) is 23.2 Å². The smallest absolute Gasteiger partial charge is 0.407 e. The fraction of sp³-hybridized carbons (Fsp3) is 0.300. The Morgan fingerprint density at radius 1 is 1.11 bits per heavy atom. The lowest BCUT2D eigenvalue weighted by Crippen LogP contribution is -2.34. The van der Waals surface area contributed by atoms with Crippen molar-refractivity contribution in [3.05, 3.63) is 52.0 Å². The number of ether oxygens (including phenoxy) is 2. The fourth-order valence-corrected chi connectivity index (χ4v) is 2.71. The van der Waals surface area contributed by atoms with Gasteiger partial charge in [-0.15, -0.1) is 0 Å². The van der Waals surface area contributed by atoms with Gasteiger partial charge < -0.3 is 19.9 Å². The van der Waals surface area contributed by atoms with Crippen LogP contribution in [0.2, 0.25) is 10.0 Å². The number of carboxylic acids is 1. The first-order valence-electron chi connectivity index (χ1n) is 8.48. The second kappa shape index (κ2) is 9.17. The molecule has 8 heteroatoms. The third-order valence-electron chi connectivity index (χ3n) is 3.43. The van der Waals surface area contributed by atoms with Gasteiger partial charge in [-0.3, -0.25) is 0 Å². The van der Waals surface area contributed by atoms with E-state index in [1.54, 1.807) is 45.0 Å². The van der Waals surface area contributed by atoms with Crippen LogP contribution in [-0.4, -0.2) is 35.9 Å². The van der Waals surface area contributed by atoms with E-state index in [2.05, 4.69) is 5.32 Å². The number of hydrogen-bond donors (Lipinski definition) is 2. The molecule has 0 spiro atoms. The Hall–Kier alpha value is -2.44. The summed E-state index contributed by atoms with van der Waals surface area (Å²) in [7, 11) is 0. The molecule has 0 aliphatic rings. The first-order valence-corrected chi connectivity index (χ1v) is 9.24. The molecule has 0 unspecified atom stereocenters. The van der Waals surface area contributed by atoms with Crippen molar-refractivity contribution in [2.45, 2.75) is 26.4 Å². The van der Waals surface area contributed by atoms with Gasteiger partial charge in [-0.25, -0.2) is 9.59 Å². The standard InChI is InChI=1S/C20H21Cl2NO5/c1-20(2,3)28-19(26)23-6-7-27-15-9-12(8-13(10-15)18(24)25)16-11-14(21)4-5-17(16)22/h4-5,8-11H,6-7H2,1-3H3,(H,23,26)(H,24,25). The quantitative estimate of drug-likeness (QED) is 0.616. The summed E-state index contributed by atoms with van der Waals surface area (Å²) in [5.41, 5.74) is 0.603. The van der Waals surface area contributed by atoms with E-state index < -0.39 is 17.7 Å². The van der Waals surface area contributed by atoms with E-state index in [0.717, 1.165) is 0 Å². The van der Waals surface area contributed by atoms with Crippen LogP contribution in [0.15, 0.2) is 36.4 Å². The lowest BCUT2D eigenvalue weighted by Gasteiger charge is -2.19. The minimum Gasteiger partial charge on any atom is -0.492 e. The Labute approximate surface area is 173 Å². The first-order chi connectivity index (χ1) is 13.0. The normalized spacial score (nSPS) is 11.0. The molecule has 0 aromatic heterocycles. The van der Waals surface area contributed by atoms with Crippen molar-refractivity contribution in [2.24, 2.45) is 0 Å². The van der Waals surface area contributed by atoms with E-state index in [-0.39, 0.29) is 18.7 Å². The van der Waals surface area contributed by atoms with Gasteiger partial charge in [0.25, 0.3) is 0 Å². The second-order valence-electron chi connectivity index (χ2n) is 6.95. The van der Waals surface area contributed by atoms with Crippen molar-refractivity contribution >= 4 is 35.3 Å². The highest BCUT2D eigenvalue weighted by Gasteiger charge is 2.16. The van der Waals surface area contributed by atoms with Crippen molar-refractivity contribution in [1.29, 1.82) is 0 Å². The molecule has 0 atom stereocenters. The average molecular weight is 426 g/mol. The maximum absolute atomic E-state index is 11.6. The second-order valence-corrected chi connectivity index (χ2v) is 7.80. The zero-order chi connectivity index (χ0) is 20.9. The number of amides is 1. The Bertz CT molecular complexity index is 877. The molecule has 0 aliphatic heterocycles. The van der Waals surface area contributed by atoms with E-state index in [4.69, 9.17) is 32.7 Å². The van der Waals surface area contributed by atoms with Gasteiger partial charge in [-0.2, -0.15) is 0 Å². The number of carbonyl (C=O) groups is 2. The summed E-state index contributed by atoms with van der Waals surface area (Å²) >= 11 is 12.2. The first kappa shape index (κ1) is 21.9. The predicted octanol–water partition coefficient (Wildman–Crippen LogP) is 5.26. The highest BCUT2D eigenvalue weighted by molar-refractivity contribution is 6.35. The Morgan fingerprint density at radius 3 is 2.46 bits per heavy atom. The van der Waals surface area contributed by atoms with Crippen LogP contribution in [0.3, 0.4) is 0 Å². The van der Waals surface area contributed by atoms with Gasteiger partial charge in [0, 0.05) is 15.6 Å². The summed E-state index contributed by atoms with van der Waals surface area (Å²) in [6.45, 7) is 5.62. The number of halogens is 2. The van der Waals surface area contributed by atoms with Crippen molar-refractivity contribution in [1.82, 2.24) is 5.32 Å². The van der Waals surface area contributed by atoms with E-state index in [9.17, 15) is 14.7 Å². The zero-order valence-corrected chi connectivity index (χ0v) is 17.2. The van der Waals surface area contributed by atoms with E-state index in [1.165, 1.54) is 12.1 Å². The third-order valence-corrected chi connectivity index (χ3v) is 4.00. The third kappa shape index (κ3) is 6.62. The Morgan fingerprint density at radius 2 is 1.82 bits per heavy atom. The van der Waals surface area contributed by atoms with Crippen molar-refractivity contribution in [2.75, 3.05) is 13.2 Å². The molecule has 2 rings (SSSR count). The number of carboxylic acid groups (broad SMARTS) is 1. The molecule has 2 aromatic carbocycles. The van der Waals surface area contributed by atoms with Crippen LogP contribution in [-0.2, 0) is 4.74 Å². The van der Waals surface area contributed by atoms with Crippen LogP contribution in [0.4, 0.5) is 4.79 Å². The highest BCUT2D eigenvalue weighted by atomic mass is 35.5. The van der Waals surface area contributed by atoms with Crippen LogP contribution in [0.5, 0.6) is 5.75 Å². The van der Waals surface area contributed by atoms with Crippen molar-refractivity contribution < 1.29 is 24.2 Å². The molecule has 1 amide bonds. The number of alkyl carbamates (subject to hydrolysis) is 1. The Kier molecular flexibility index (Phi) is 7.16. The average Bonchev–Trinajstić information content (AvgIpc) is 2.59. The summed E-state index contributed by atoms with van der Waals surface area (Å²) in [4.78, 5) is 23.1. The van der Waals surface area contributed by atoms with E-state index in [1.807, 2.05) is 0 Å². The van der Waals surface area contributed by atoms with Crippen molar-refractivity contribution in [3.8, 4) is 16.9 Å². The molecule has 2 N–H and O–H groups in total. The molecule has 150 valence electrons. The van der Waals surface area contributed by atoms with E-state index in [0.29, 0.717) is 26.9 Å². The van der Waals surface area contributed by atoms with Crippen LogP contribution in [0.1, 0.15) is 31.1 Å². The highest BCUT2D eigenvalue weighted by Crippen LogP contribution is 2.33. The minimum absolute atomic E-state index is 0.0450. The van der Waals surface area contributed by atoms with Crippen LogP contribution < -0.4 is 10.1 Å². The SMILES string of the molecule is CC(C)(C)OC(=O)NCCOc1cc(C(=O)O)cc(-c2cc(Cl)ccc2Cl)c1. The number of rotatable bonds is 6. The molecule has 0 radical (unpaired) electrons. The molecule has 0 fully saturated rings. The number of hydrogen-bond acceptors (Lipinski definition) is 4. The fourth-order valence-electron chi connectivity index (χ4n) is 2.32. The minimum atomic E-state index is -1.10. The van der Waals surface area contributed by atoms with Gasteiger partial charge >= 0.3 is 12.1 Å².